The van der Waals surface area contributed by atoms with E-state index < -0.39 is 4.92 Å². The summed E-state index contributed by atoms with van der Waals surface area (Å²) >= 11 is 0. The van der Waals surface area contributed by atoms with Gasteiger partial charge in [-0.25, -0.2) is 0 Å². The minimum Gasteiger partial charge on any atom is -0.487 e. The average Bonchev–Trinajstić information content (AvgIpc) is 2.30. The number of nitro benzene ring substituents is 1. The van der Waals surface area contributed by atoms with Crippen molar-refractivity contribution in [3.8, 4) is 5.75 Å². The highest BCUT2D eigenvalue weighted by Gasteiger charge is 2.15. The lowest BCUT2D eigenvalue weighted by Gasteiger charge is -2.09. The fourth-order valence-corrected chi connectivity index (χ4v) is 1.55. The fourth-order valence-electron chi connectivity index (χ4n) is 1.55. The van der Waals surface area contributed by atoms with E-state index in [4.69, 9.17) is 4.74 Å². The van der Waals surface area contributed by atoms with Crippen LogP contribution in [0.5, 0.6) is 5.75 Å². The molecule has 0 saturated heterocycles. The Morgan fingerprint density at radius 1 is 1.44 bits per heavy atom. The Morgan fingerprint density at radius 2 is 2.17 bits per heavy atom. The van der Waals surface area contributed by atoms with Crippen molar-refractivity contribution in [2.45, 2.75) is 26.8 Å². The highest BCUT2D eigenvalue weighted by Crippen LogP contribution is 2.28. The molecule has 5 nitrogen and oxygen atoms in total. The van der Waals surface area contributed by atoms with Crippen LogP contribution in [0.25, 0.3) is 0 Å². The molecule has 0 unspecified atom stereocenters. The van der Waals surface area contributed by atoms with Crippen LogP contribution in [0, 0.1) is 16.0 Å². The SMILES string of the molecule is CNCc1ccc(OCCC(C)C)c([N+](=O)[O-])c1. The molecule has 18 heavy (non-hydrogen) atoms. The smallest absolute Gasteiger partial charge is 0.311 e. The van der Waals surface area contributed by atoms with Gasteiger partial charge in [-0.05, 0) is 31.0 Å². The first-order valence-corrected chi connectivity index (χ1v) is 6.09. The van der Waals surface area contributed by atoms with E-state index in [1.165, 1.54) is 0 Å². The summed E-state index contributed by atoms with van der Waals surface area (Å²) in [7, 11) is 1.80. The summed E-state index contributed by atoms with van der Waals surface area (Å²) in [6.45, 7) is 5.29. The third-order valence-corrected chi connectivity index (χ3v) is 2.55. The van der Waals surface area contributed by atoms with Crippen LogP contribution < -0.4 is 10.1 Å². The van der Waals surface area contributed by atoms with Gasteiger partial charge in [-0.3, -0.25) is 10.1 Å². The van der Waals surface area contributed by atoms with Crippen molar-refractivity contribution in [3.05, 3.63) is 33.9 Å². The van der Waals surface area contributed by atoms with E-state index in [2.05, 4.69) is 19.2 Å². The van der Waals surface area contributed by atoms with E-state index >= 15 is 0 Å². The maximum absolute atomic E-state index is 11.0. The molecule has 0 fully saturated rings. The zero-order valence-electron chi connectivity index (χ0n) is 11.1. The Morgan fingerprint density at radius 3 is 2.72 bits per heavy atom. The lowest BCUT2D eigenvalue weighted by atomic mass is 10.1. The molecule has 0 aliphatic heterocycles. The van der Waals surface area contributed by atoms with Crippen LogP contribution >= 0.6 is 0 Å². The van der Waals surface area contributed by atoms with Crippen molar-refractivity contribution in [3.63, 3.8) is 0 Å². The van der Waals surface area contributed by atoms with Crippen molar-refractivity contribution in [2.24, 2.45) is 5.92 Å². The van der Waals surface area contributed by atoms with E-state index in [1.807, 2.05) is 6.07 Å². The van der Waals surface area contributed by atoms with Crippen LogP contribution in [0.1, 0.15) is 25.8 Å². The Kier molecular flexibility index (Phi) is 5.58. The van der Waals surface area contributed by atoms with Crippen molar-refractivity contribution in [1.82, 2.24) is 5.32 Å². The van der Waals surface area contributed by atoms with Gasteiger partial charge in [0.25, 0.3) is 0 Å². The van der Waals surface area contributed by atoms with Crippen LogP contribution in [-0.2, 0) is 6.54 Å². The first-order valence-electron chi connectivity index (χ1n) is 6.09. The van der Waals surface area contributed by atoms with Gasteiger partial charge in [0, 0.05) is 12.6 Å². The monoisotopic (exact) mass is 252 g/mol. The Hall–Kier alpha value is -1.62. The second-order valence-corrected chi connectivity index (χ2v) is 4.62. The zero-order chi connectivity index (χ0) is 13.5. The number of nitro groups is 1. The number of benzene rings is 1. The summed E-state index contributed by atoms with van der Waals surface area (Å²) in [5.74, 6) is 0.869. The number of nitrogens with one attached hydrogen (secondary N) is 1. The third-order valence-electron chi connectivity index (χ3n) is 2.55. The summed E-state index contributed by atoms with van der Waals surface area (Å²) < 4.78 is 5.48. The molecular formula is C13H20N2O3. The highest BCUT2D eigenvalue weighted by atomic mass is 16.6. The normalized spacial score (nSPS) is 10.7. The first kappa shape index (κ1) is 14.4. The number of nitrogens with zero attached hydrogens (tertiary/aromatic N) is 1. The minimum atomic E-state index is -0.399. The maximum atomic E-state index is 11.0. The second-order valence-electron chi connectivity index (χ2n) is 4.62. The molecule has 0 aliphatic rings. The molecule has 0 bridgehead atoms. The van der Waals surface area contributed by atoms with Gasteiger partial charge < -0.3 is 10.1 Å². The van der Waals surface area contributed by atoms with Gasteiger partial charge >= 0.3 is 5.69 Å². The topological polar surface area (TPSA) is 64.4 Å². The minimum absolute atomic E-state index is 0.0338. The molecule has 1 aromatic carbocycles. The summed E-state index contributed by atoms with van der Waals surface area (Å²) in [6, 6.07) is 5.07. The van der Waals surface area contributed by atoms with Crippen molar-refractivity contribution in [2.75, 3.05) is 13.7 Å². The van der Waals surface area contributed by atoms with Gasteiger partial charge in [0.15, 0.2) is 5.75 Å². The molecule has 0 amide bonds. The lowest BCUT2D eigenvalue weighted by Crippen LogP contribution is -2.07. The molecular weight excluding hydrogens is 232 g/mol. The van der Waals surface area contributed by atoms with Crippen molar-refractivity contribution in [1.29, 1.82) is 0 Å². The van der Waals surface area contributed by atoms with E-state index in [0.717, 1.165) is 12.0 Å². The summed E-state index contributed by atoms with van der Waals surface area (Å²) in [5.41, 5.74) is 0.909. The Labute approximate surface area is 107 Å². The molecule has 0 aromatic heterocycles. The van der Waals surface area contributed by atoms with Crippen LogP contribution in [0.4, 0.5) is 5.69 Å². The van der Waals surface area contributed by atoms with Crippen LogP contribution in [0.2, 0.25) is 0 Å². The quantitative estimate of drug-likeness (QED) is 0.598. The van der Waals surface area contributed by atoms with Gasteiger partial charge in [-0.1, -0.05) is 19.9 Å². The molecule has 100 valence electrons. The predicted octanol–water partition coefficient (Wildman–Crippen LogP) is 2.74. The van der Waals surface area contributed by atoms with E-state index in [1.54, 1.807) is 19.2 Å². The molecule has 1 aromatic rings. The van der Waals surface area contributed by atoms with Crippen LogP contribution in [-0.4, -0.2) is 18.6 Å². The largest absolute Gasteiger partial charge is 0.487 e. The molecule has 0 radical (unpaired) electrons. The van der Waals surface area contributed by atoms with Crippen LogP contribution in [0.15, 0.2) is 18.2 Å². The lowest BCUT2D eigenvalue weighted by molar-refractivity contribution is -0.385. The number of rotatable bonds is 7. The van der Waals surface area contributed by atoms with Gasteiger partial charge in [0.05, 0.1) is 11.5 Å². The maximum Gasteiger partial charge on any atom is 0.311 e. The number of ether oxygens (including phenoxy) is 1. The number of hydrogen-bond donors (Lipinski definition) is 1. The summed E-state index contributed by atoms with van der Waals surface area (Å²) in [6.07, 6.45) is 0.884. The van der Waals surface area contributed by atoms with E-state index in [9.17, 15) is 10.1 Å². The summed E-state index contributed by atoms with van der Waals surface area (Å²) in [5, 5.41) is 13.9. The van der Waals surface area contributed by atoms with Gasteiger partial charge in [-0.2, -0.15) is 0 Å². The summed E-state index contributed by atoms with van der Waals surface area (Å²) in [4.78, 5) is 10.6. The molecule has 1 N–H and O–H groups in total. The molecule has 0 atom stereocenters. The first-order chi connectivity index (χ1) is 8.54. The second kappa shape index (κ2) is 6.96. The predicted molar refractivity (Wildman–Crippen MR) is 70.8 cm³/mol. The van der Waals surface area contributed by atoms with Gasteiger partial charge in [-0.15, -0.1) is 0 Å². The van der Waals surface area contributed by atoms with Gasteiger partial charge in [0.2, 0.25) is 0 Å². The molecule has 1 rings (SSSR count). The van der Waals surface area contributed by atoms with E-state index in [0.29, 0.717) is 24.8 Å². The molecule has 0 spiro atoms. The van der Waals surface area contributed by atoms with Crippen molar-refractivity contribution < 1.29 is 9.66 Å². The van der Waals surface area contributed by atoms with Crippen molar-refractivity contribution >= 4 is 5.69 Å². The standard InChI is InChI=1S/C13H20N2O3/c1-10(2)6-7-18-13-5-4-11(9-14-3)8-12(13)15(16)17/h4-5,8,10,14H,6-7,9H2,1-3H3. The average molecular weight is 252 g/mol. The number of hydrogen-bond acceptors (Lipinski definition) is 4. The van der Waals surface area contributed by atoms with Gasteiger partial charge in [0.1, 0.15) is 0 Å². The molecule has 0 saturated carbocycles. The highest BCUT2D eigenvalue weighted by molar-refractivity contribution is 5.48. The molecule has 0 heterocycles. The fraction of sp³-hybridized carbons (Fsp3) is 0.538. The van der Waals surface area contributed by atoms with E-state index in [-0.39, 0.29) is 5.69 Å². The zero-order valence-corrected chi connectivity index (χ0v) is 11.1. The Balaban J connectivity index is 2.80. The molecule has 5 heteroatoms. The molecule has 0 aliphatic carbocycles. The van der Waals surface area contributed by atoms with Crippen LogP contribution in [0.3, 0.4) is 0 Å². The Bertz CT molecular complexity index is 405. The third kappa shape index (κ3) is 4.33.